The van der Waals surface area contributed by atoms with Gasteiger partial charge in [-0.3, -0.25) is 9.79 Å². The van der Waals surface area contributed by atoms with E-state index in [9.17, 15) is 4.79 Å². The summed E-state index contributed by atoms with van der Waals surface area (Å²) in [6, 6.07) is 1.90. The number of thiazole rings is 1. The van der Waals surface area contributed by atoms with Gasteiger partial charge in [0.1, 0.15) is 17.7 Å². The molecule has 0 aliphatic carbocycles. The highest BCUT2D eigenvalue weighted by Crippen LogP contribution is 2.28. The molecule has 0 fully saturated rings. The molecular weight excluding hydrogens is 330 g/mol. The number of carbonyl (C=O) groups excluding carboxylic acids is 1. The van der Waals surface area contributed by atoms with E-state index in [1.54, 1.807) is 0 Å². The van der Waals surface area contributed by atoms with Crippen LogP contribution in [0, 0.1) is 6.92 Å². The first kappa shape index (κ1) is 18.1. The molecule has 0 radical (unpaired) electrons. The number of ether oxygens (including phenoxy) is 1. The molecule has 0 aliphatic heterocycles. The van der Waals surface area contributed by atoms with Gasteiger partial charge in [0.05, 0.1) is 19.4 Å². The van der Waals surface area contributed by atoms with E-state index in [2.05, 4.69) is 20.6 Å². The molecule has 0 spiro atoms. The van der Waals surface area contributed by atoms with E-state index in [4.69, 9.17) is 14.9 Å². The number of aryl methyl sites for hydroxylation is 1. The number of nitrogens with two attached hydrogens (primary N) is 1. The molecule has 2 heterocycles. The third-order valence-corrected chi connectivity index (χ3v) is 3.92. The molecule has 8 nitrogen and oxygen atoms in total. The third-order valence-electron chi connectivity index (χ3n) is 3.14. The lowest BCUT2D eigenvalue weighted by molar-refractivity contribution is -0.119. The smallest absolute Gasteiger partial charge is 0.217 e. The van der Waals surface area contributed by atoms with Gasteiger partial charge in [0.2, 0.25) is 5.91 Å². The lowest BCUT2D eigenvalue weighted by Crippen LogP contribution is -2.25. The normalized spacial score (nSPS) is 12.5. The maximum atomic E-state index is 11.0. The summed E-state index contributed by atoms with van der Waals surface area (Å²) in [6.07, 6.45) is 1.12. The van der Waals surface area contributed by atoms with Crippen molar-refractivity contribution < 1.29 is 13.9 Å². The van der Waals surface area contributed by atoms with E-state index in [0.29, 0.717) is 24.0 Å². The Kier molecular flexibility index (Phi) is 6.47. The number of aromatic nitrogens is 1. The van der Waals surface area contributed by atoms with Gasteiger partial charge in [-0.15, -0.1) is 11.3 Å². The molecule has 0 saturated carbocycles. The zero-order valence-electron chi connectivity index (χ0n) is 13.8. The fourth-order valence-corrected chi connectivity index (χ4v) is 2.48. The lowest BCUT2D eigenvalue weighted by atomic mass is 10.2. The molecule has 2 rings (SSSR count). The van der Waals surface area contributed by atoms with Gasteiger partial charge in [-0.2, -0.15) is 0 Å². The number of methoxy groups -OCH3 is 1. The van der Waals surface area contributed by atoms with Crippen molar-refractivity contribution in [1.82, 2.24) is 10.3 Å². The van der Waals surface area contributed by atoms with E-state index in [1.807, 2.05) is 18.4 Å². The molecule has 2 aromatic heterocycles. The van der Waals surface area contributed by atoms with Crippen LogP contribution in [0.4, 0.5) is 5.13 Å². The fraction of sp³-hybridized carbons (Fsp3) is 0.400. The zero-order valence-corrected chi connectivity index (χ0v) is 14.6. The summed E-state index contributed by atoms with van der Waals surface area (Å²) < 4.78 is 10.7. The molecule has 0 bridgehead atoms. The van der Waals surface area contributed by atoms with Crippen LogP contribution >= 0.6 is 11.3 Å². The molecule has 1 atom stereocenters. The van der Waals surface area contributed by atoms with Gasteiger partial charge in [0, 0.05) is 19.4 Å². The van der Waals surface area contributed by atoms with Crippen molar-refractivity contribution in [3.8, 4) is 11.5 Å². The minimum Gasteiger partial charge on any atom is -0.457 e. The maximum absolute atomic E-state index is 11.0. The molecule has 4 N–H and O–H groups in total. The number of nitrogens with zero attached hydrogens (tertiary/aromatic N) is 2. The van der Waals surface area contributed by atoms with Gasteiger partial charge < -0.3 is 25.5 Å². The Morgan fingerprint density at radius 3 is 3.12 bits per heavy atom. The van der Waals surface area contributed by atoms with Gasteiger partial charge in [0.15, 0.2) is 10.9 Å². The predicted octanol–water partition coefficient (Wildman–Crippen LogP) is 1.72. The van der Waals surface area contributed by atoms with E-state index in [-0.39, 0.29) is 5.91 Å². The lowest BCUT2D eigenvalue weighted by Gasteiger charge is -2.03. The van der Waals surface area contributed by atoms with Crippen LogP contribution in [0.5, 0.6) is 0 Å². The molecule has 24 heavy (non-hydrogen) atoms. The number of amides is 1. The van der Waals surface area contributed by atoms with Crippen molar-refractivity contribution in [2.45, 2.75) is 26.6 Å². The predicted molar refractivity (Wildman–Crippen MR) is 94.0 cm³/mol. The van der Waals surface area contributed by atoms with Crippen molar-refractivity contribution in [3.05, 3.63) is 22.8 Å². The molecule has 2 aromatic rings. The van der Waals surface area contributed by atoms with Gasteiger partial charge in [-0.05, 0) is 18.6 Å². The summed E-state index contributed by atoms with van der Waals surface area (Å²) in [7, 11) is 1.53. The number of nitrogens with one attached hydrogen (secondary N) is 2. The van der Waals surface area contributed by atoms with E-state index < -0.39 is 6.23 Å². The molecule has 130 valence electrons. The van der Waals surface area contributed by atoms with Crippen LogP contribution in [0.1, 0.15) is 18.2 Å². The molecule has 9 heteroatoms. The fourth-order valence-electron chi connectivity index (χ4n) is 1.81. The van der Waals surface area contributed by atoms with Gasteiger partial charge in [-0.25, -0.2) is 4.98 Å². The molecule has 0 aliphatic rings. The minimum absolute atomic E-state index is 0.0972. The second-order valence-electron chi connectivity index (χ2n) is 5.08. The number of hydrogen-bond donors (Lipinski definition) is 3. The summed E-state index contributed by atoms with van der Waals surface area (Å²) in [4.78, 5) is 19.5. The van der Waals surface area contributed by atoms with Crippen molar-refractivity contribution in [2.24, 2.45) is 10.7 Å². The van der Waals surface area contributed by atoms with Gasteiger partial charge in [-0.1, -0.05) is 0 Å². The van der Waals surface area contributed by atoms with Gasteiger partial charge in [0.25, 0.3) is 0 Å². The number of aliphatic imine (C=N–C) groups is 1. The first-order chi connectivity index (χ1) is 11.5. The van der Waals surface area contributed by atoms with Crippen molar-refractivity contribution in [3.63, 3.8) is 0 Å². The average Bonchev–Trinajstić information content (AvgIpc) is 3.16. The summed E-state index contributed by atoms with van der Waals surface area (Å²) in [5, 5.41) is 8.28. The molecule has 1 amide bonds. The van der Waals surface area contributed by atoms with Gasteiger partial charge >= 0.3 is 0 Å². The number of anilines is 1. The van der Waals surface area contributed by atoms with Crippen LogP contribution in [0.2, 0.25) is 0 Å². The number of rotatable bonds is 8. The monoisotopic (exact) mass is 351 g/mol. The third kappa shape index (κ3) is 5.15. The van der Waals surface area contributed by atoms with Crippen molar-refractivity contribution in [2.75, 3.05) is 19.0 Å². The van der Waals surface area contributed by atoms with Crippen molar-refractivity contribution >= 4 is 28.7 Å². The summed E-state index contributed by atoms with van der Waals surface area (Å²) in [6.45, 7) is 4.13. The SMILES string of the molecule is COC(N)CN=CNc1nc(-c2cc(C)c(CNC(C)=O)o2)cs1. The topological polar surface area (TPSA) is 115 Å². The second kappa shape index (κ2) is 8.57. The Bertz CT molecular complexity index is 710. The number of furan rings is 1. The van der Waals surface area contributed by atoms with Crippen LogP contribution in [0.3, 0.4) is 0 Å². The Morgan fingerprint density at radius 2 is 2.42 bits per heavy atom. The molecular formula is C15H21N5O3S. The Morgan fingerprint density at radius 1 is 1.62 bits per heavy atom. The van der Waals surface area contributed by atoms with E-state index >= 15 is 0 Å². The maximum Gasteiger partial charge on any atom is 0.217 e. The molecule has 1 unspecified atom stereocenters. The van der Waals surface area contributed by atoms with Crippen LogP contribution in [0.25, 0.3) is 11.5 Å². The zero-order chi connectivity index (χ0) is 17.5. The van der Waals surface area contributed by atoms with Crippen LogP contribution < -0.4 is 16.4 Å². The highest BCUT2D eigenvalue weighted by molar-refractivity contribution is 7.14. The number of carbonyl (C=O) groups is 1. The minimum atomic E-state index is -0.414. The first-order valence-electron chi connectivity index (χ1n) is 7.32. The Balaban J connectivity index is 1.97. The summed E-state index contributed by atoms with van der Waals surface area (Å²) in [5.74, 6) is 1.29. The Hall–Kier alpha value is -2.23. The molecule has 0 saturated heterocycles. The highest BCUT2D eigenvalue weighted by Gasteiger charge is 2.12. The van der Waals surface area contributed by atoms with Crippen LogP contribution in [0.15, 0.2) is 20.9 Å². The average molecular weight is 351 g/mol. The van der Waals surface area contributed by atoms with E-state index in [1.165, 1.54) is 31.7 Å². The first-order valence-corrected chi connectivity index (χ1v) is 8.20. The van der Waals surface area contributed by atoms with Crippen LogP contribution in [-0.2, 0) is 16.1 Å². The van der Waals surface area contributed by atoms with Crippen molar-refractivity contribution in [1.29, 1.82) is 0 Å². The van der Waals surface area contributed by atoms with Crippen LogP contribution in [-0.4, -0.2) is 37.1 Å². The largest absolute Gasteiger partial charge is 0.457 e. The Labute approximate surface area is 144 Å². The molecule has 0 aromatic carbocycles. The second-order valence-corrected chi connectivity index (χ2v) is 5.94. The number of hydrogen-bond acceptors (Lipinski definition) is 7. The van der Waals surface area contributed by atoms with E-state index in [0.717, 1.165) is 17.0 Å². The quantitative estimate of drug-likeness (QED) is 0.379. The highest BCUT2D eigenvalue weighted by atomic mass is 32.1. The summed E-state index contributed by atoms with van der Waals surface area (Å²) >= 11 is 1.44. The standard InChI is InChI=1S/C15H21N5O3S/c1-9-4-12(23-13(9)5-18-10(2)21)11-7-24-15(20-11)19-8-17-6-14(16)22-3/h4,7-8,14H,5-6,16H2,1-3H3,(H,18,21)(H,17,19,20). The summed E-state index contributed by atoms with van der Waals surface area (Å²) in [5.41, 5.74) is 7.27.